The van der Waals surface area contributed by atoms with E-state index in [2.05, 4.69) is 21.2 Å². The highest BCUT2D eigenvalue weighted by atomic mass is 79.9. The SMILES string of the molecule is CCCNc1ccc(C(N)=S)c(Br)c1F. The molecule has 0 amide bonds. The Kier molecular flexibility index (Phi) is 4.47. The number of nitrogens with one attached hydrogen (secondary N) is 1. The van der Waals surface area contributed by atoms with Gasteiger partial charge in [0.25, 0.3) is 0 Å². The number of rotatable bonds is 4. The van der Waals surface area contributed by atoms with Crippen molar-refractivity contribution in [1.29, 1.82) is 0 Å². The Labute approximate surface area is 102 Å². The van der Waals surface area contributed by atoms with E-state index in [0.717, 1.165) is 13.0 Å². The molecular formula is C10H12BrFN2S. The quantitative estimate of drug-likeness (QED) is 0.837. The largest absolute Gasteiger partial charge is 0.389 e. The van der Waals surface area contributed by atoms with Crippen LogP contribution in [0.2, 0.25) is 0 Å². The zero-order valence-electron chi connectivity index (χ0n) is 8.31. The summed E-state index contributed by atoms with van der Waals surface area (Å²) in [7, 11) is 0. The van der Waals surface area contributed by atoms with Crippen molar-refractivity contribution in [3.63, 3.8) is 0 Å². The lowest BCUT2D eigenvalue weighted by atomic mass is 10.2. The van der Waals surface area contributed by atoms with Gasteiger partial charge in [0, 0.05) is 12.1 Å². The van der Waals surface area contributed by atoms with Gasteiger partial charge in [0.15, 0.2) is 5.82 Å². The zero-order chi connectivity index (χ0) is 11.4. The second-order valence-electron chi connectivity index (χ2n) is 3.08. The normalized spacial score (nSPS) is 10.1. The molecule has 1 aromatic carbocycles. The summed E-state index contributed by atoms with van der Waals surface area (Å²) < 4.78 is 14.0. The number of hydrogen-bond acceptors (Lipinski definition) is 2. The van der Waals surface area contributed by atoms with Crippen molar-refractivity contribution in [3.8, 4) is 0 Å². The summed E-state index contributed by atoms with van der Waals surface area (Å²) in [6.45, 7) is 2.75. The van der Waals surface area contributed by atoms with E-state index in [1.165, 1.54) is 0 Å². The standard InChI is InChI=1S/C10H12BrFN2S/c1-2-5-14-7-4-3-6(10(13)15)8(11)9(7)12/h3-4,14H,2,5H2,1H3,(H2,13,15). The van der Waals surface area contributed by atoms with Crippen LogP contribution in [0.4, 0.5) is 10.1 Å². The average molecular weight is 291 g/mol. The summed E-state index contributed by atoms with van der Waals surface area (Å²) in [5.74, 6) is -0.353. The molecule has 0 saturated heterocycles. The fraction of sp³-hybridized carbons (Fsp3) is 0.300. The third-order valence-electron chi connectivity index (χ3n) is 1.91. The Bertz CT molecular complexity index is 382. The molecule has 0 heterocycles. The maximum atomic E-state index is 13.7. The van der Waals surface area contributed by atoms with Crippen LogP contribution >= 0.6 is 28.1 Å². The smallest absolute Gasteiger partial charge is 0.161 e. The maximum Gasteiger partial charge on any atom is 0.161 e. The lowest BCUT2D eigenvalue weighted by Gasteiger charge is -2.10. The van der Waals surface area contributed by atoms with Gasteiger partial charge in [0.2, 0.25) is 0 Å². The summed E-state index contributed by atoms with van der Waals surface area (Å²) >= 11 is 7.94. The third-order valence-corrected chi connectivity index (χ3v) is 2.91. The van der Waals surface area contributed by atoms with Gasteiger partial charge < -0.3 is 11.1 Å². The predicted molar refractivity (Wildman–Crippen MR) is 68.8 cm³/mol. The third kappa shape index (κ3) is 2.89. The minimum atomic E-state index is -0.353. The number of anilines is 1. The van der Waals surface area contributed by atoms with E-state index in [4.69, 9.17) is 18.0 Å². The Morgan fingerprint density at radius 1 is 1.60 bits per heavy atom. The molecule has 0 aliphatic carbocycles. The van der Waals surface area contributed by atoms with Crippen LogP contribution in [0, 0.1) is 5.82 Å². The van der Waals surface area contributed by atoms with Gasteiger partial charge in [-0.15, -0.1) is 0 Å². The van der Waals surface area contributed by atoms with Gasteiger partial charge in [-0.2, -0.15) is 0 Å². The van der Waals surface area contributed by atoms with Crippen molar-refractivity contribution in [2.45, 2.75) is 13.3 Å². The molecule has 0 spiro atoms. The molecule has 0 aliphatic heterocycles. The molecule has 0 aliphatic rings. The molecule has 3 N–H and O–H groups in total. The molecule has 0 atom stereocenters. The Hall–Kier alpha value is -0.680. The van der Waals surface area contributed by atoms with Crippen molar-refractivity contribution in [2.75, 3.05) is 11.9 Å². The first kappa shape index (κ1) is 12.4. The molecular weight excluding hydrogens is 279 g/mol. The molecule has 5 heteroatoms. The number of halogens is 2. The summed E-state index contributed by atoms with van der Waals surface area (Å²) in [5.41, 5.74) is 6.43. The fourth-order valence-electron chi connectivity index (χ4n) is 1.14. The van der Waals surface area contributed by atoms with Crippen LogP contribution < -0.4 is 11.1 Å². The highest BCUT2D eigenvalue weighted by molar-refractivity contribution is 9.10. The van der Waals surface area contributed by atoms with Gasteiger partial charge in [-0.3, -0.25) is 0 Å². The summed E-state index contributed by atoms with van der Waals surface area (Å²) in [6, 6.07) is 3.34. The Morgan fingerprint density at radius 3 is 2.80 bits per heavy atom. The molecule has 0 bridgehead atoms. The lowest BCUT2D eigenvalue weighted by Crippen LogP contribution is -2.12. The molecule has 0 radical (unpaired) electrons. The molecule has 1 aromatic rings. The predicted octanol–water partition coefficient (Wildman–Crippen LogP) is 3.04. The second-order valence-corrected chi connectivity index (χ2v) is 4.31. The van der Waals surface area contributed by atoms with Crippen LogP contribution in [0.1, 0.15) is 18.9 Å². The van der Waals surface area contributed by atoms with E-state index in [9.17, 15) is 4.39 Å². The topological polar surface area (TPSA) is 38.0 Å². The lowest BCUT2D eigenvalue weighted by molar-refractivity contribution is 0.623. The summed E-state index contributed by atoms with van der Waals surface area (Å²) in [5, 5.41) is 2.98. The highest BCUT2D eigenvalue weighted by Gasteiger charge is 2.12. The van der Waals surface area contributed by atoms with E-state index in [0.29, 0.717) is 15.7 Å². The van der Waals surface area contributed by atoms with Crippen molar-refractivity contribution >= 4 is 38.8 Å². The molecule has 0 saturated carbocycles. The van der Waals surface area contributed by atoms with Crippen LogP contribution in [-0.4, -0.2) is 11.5 Å². The molecule has 15 heavy (non-hydrogen) atoms. The van der Waals surface area contributed by atoms with E-state index >= 15 is 0 Å². The maximum absolute atomic E-state index is 13.7. The second kappa shape index (κ2) is 5.42. The van der Waals surface area contributed by atoms with E-state index in [-0.39, 0.29) is 10.8 Å². The van der Waals surface area contributed by atoms with E-state index < -0.39 is 0 Å². The van der Waals surface area contributed by atoms with Crippen molar-refractivity contribution in [2.24, 2.45) is 5.73 Å². The molecule has 0 unspecified atom stereocenters. The van der Waals surface area contributed by atoms with Crippen molar-refractivity contribution in [1.82, 2.24) is 0 Å². The number of benzene rings is 1. The Morgan fingerprint density at radius 2 is 2.27 bits per heavy atom. The highest BCUT2D eigenvalue weighted by Crippen LogP contribution is 2.26. The van der Waals surface area contributed by atoms with Crippen LogP contribution in [0.3, 0.4) is 0 Å². The molecule has 0 aromatic heterocycles. The van der Waals surface area contributed by atoms with Gasteiger partial charge in [0.1, 0.15) is 4.99 Å². The molecule has 0 fully saturated rings. The van der Waals surface area contributed by atoms with Gasteiger partial charge in [0.05, 0.1) is 10.2 Å². The number of thiocarbonyl (C=S) groups is 1. The van der Waals surface area contributed by atoms with Crippen LogP contribution in [0.15, 0.2) is 16.6 Å². The number of hydrogen-bond donors (Lipinski definition) is 2. The van der Waals surface area contributed by atoms with Crippen molar-refractivity contribution < 1.29 is 4.39 Å². The van der Waals surface area contributed by atoms with E-state index in [1.807, 2.05) is 6.92 Å². The van der Waals surface area contributed by atoms with Gasteiger partial charge in [-0.1, -0.05) is 19.1 Å². The van der Waals surface area contributed by atoms with Crippen LogP contribution in [0.5, 0.6) is 0 Å². The van der Waals surface area contributed by atoms with E-state index in [1.54, 1.807) is 12.1 Å². The molecule has 1 rings (SSSR count). The monoisotopic (exact) mass is 290 g/mol. The Balaban J connectivity index is 3.04. The first-order chi connectivity index (χ1) is 7.07. The van der Waals surface area contributed by atoms with Crippen molar-refractivity contribution in [3.05, 3.63) is 28.0 Å². The van der Waals surface area contributed by atoms with Gasteiger partial charge in [-0.25, -0.2) is 4.39 Å². The van der Waals surface area contributed by atoms with Crippen LogP contribution in [-0.2, 0) is 0 Å². The molecule has 2 nitrogen and oxygen atoms in total. The van der Waals surface area contributed by atoms with Gasteiger partial charge in [-0.05, 0) is 34.5 Å². The molecule has 82 valence electrons. The minimum Gasteiger partial charge on any atom is -0.389 e. The summed E-state index contributed by atoms with van der Waals surface area (Å²) in [6.07, 6.45) is 0.939. The number of nitrogens with two attached hydrogens (primary N) is 1. The first-order valence-corrected chi connectivity index (χ1v) is 5.79. The van der Waals surface area contributed by atoms with Crippen LogP contribution in [0.25, 0.3) is 0 Å². The average Bonchev–Trinajstić information content (AvgIpc) is 2.20. The fourth-order valence-corrected chi connectivity index (χ4v) is 2.00. The van der Waals surface area contributed by atoms with Gasteiger partial charge >= 0.3 is 0 Å². The first-order valence-electron chi connectivity index (χ1n) is 4.59. The zero-order valence-corrected chi connectivity index (χ0v) is 10.7. The summed E-state index contributed by atoms with van der Waals surface area (Å²) in [4.78, 5) is 0.183. The minimum absolute atomic E-state index is 0.183.